The van der Waals surface area contributed by atoms with Crippen molar-refractivity contribution in [1.29, 1.82) is 0 Å². The summed E-state index contributed by atoms with van der Waals surface area (Å²) in [6.07, 6.45) is 0. The molecule has 9 aromatic carbocycles. The molecule has 0 spiro atoms. The van der Waals surface area contributed by atoms with Crippen molar-refractivity contribution in [3.8, 4) is 17.2 Å². The highest BCUT2D eigenvalue weighted by Crippen LogP contribution is 2.58. The molecule has 22 nitrogen and oxygen atoms in total. The first kappa shape index (κ1) is 84.3. The van der Waals surface area contributed by atoms with Gasteiger partial charge in [-0.15, -0.1) is 13.6 Å². The zero-order valence-corrected chi connectivity index (χ0v) is 64.5. The third-order valence-corrected chi connectivity index (χ3v) is 22.3. The lowest BCUT2D eigenvalue weighted by Gasteiger charge is -2.40. The Morgan fingerprint density at radius 1 is 0.371 bits per heavy atom. The van der Waals surface area contributed by atoms with E-state index < -0.39 is 223 Å². The molecular weight excluding hydrogens is 1640 g/mol. The Balaban J connectivity index is 0.789. The van der Waals surface area contributed by atoms with E-state index in [0.29, 0.717) is 53.1 Å². The van der Waals surface area contributed by atoms with Gasteiger partial charge in [-0.2, -0.15) is 4.89 Å². The third kappa shape index (κ3) is 17.5. The van der Waals surface area contributed by atoms with Gasteiger partial charge in [-0.25, -0.2) is 67.1 Å². The van der Waals surface area contributed by atoms with Gasteiger partial charge in [-0.1, -0.05) is 53.0 Å². The van der Waals surface area contributed by atoms with E-state index in [-0.39, 0.29) is 67.7 Å². The van der Waals surface area contributed by atoms with Crippen molar-refractivity contribution >= 4 is 95.9 Å². The van der Waals surface area contributed by atoms with Gasteiger partial charge in [0.2, 0.25) is 20.4 Å². The minimum atomic E-state index is -5.03. The second kappa shape index (κ2) is 34.8. The molecule has 4 N–H and O–H groups in total. The molecule has 0 unspecified atom stereocenters. The molecule has 0 aliphatic carbocycles. The van der Waals surface area contributed by atoms with Crippen molar-refractivity contribution in [3.63, 3.8) is 0 Å². The fourth-order valence-corrected chi connectivity index (χ4v) is 14.4. The first-order valence-corrected chi connectivity index (χ1v) is 37.3. The number of benzene rings is 9. The summed E-state index contributed by atoms with van der Waals surface area (Å²) in [5, 5.41) is 5.64. The minimum absolute atomic E-state index is 0.0828. The Hall–Kier alpha value is -11.1. The highest BCUT2D eigenvalue weighted by molar-refractivity contribution is 7.55. The van der Waals surface area contributed by atoms with Crippen LogP contribution in [0.5, 0.6) is 17.2 Å². The topological polar surface area (TPSA) is 234 Å². The average Bonchev–Trinajstić information content (AvgIpc) is 0.766. The van der Waals surface area contributed by atoms with Crippen LogP contribution in [0, 0.1) is 69.8 Å². The monoisotopic (exact) mass is 1700 g/mol. The van der Waals surface area contributed by atoms with Crippen molar-refractivity contribution in [2.75, 3.05) is 56.2 Å². The van der Waals surface area contributed by atoms with Gasteiger partial charge in [0.25, 0.3) is 17.7 Å². The smallest absolute Gasteiger partial charge is 0.461 e. The summed E-state index contributed by atoms with van der Waals surface area (Å²) in [4.78, 5) is 102. The summed E-state index contributed by atoms with van der Waals surface area (Å²) >= 11 is 20.6. The van der Waals surface area contributed by atoms with Crippen LogP contribution < -0.4 is 44.9 Å². The lowest BCUT2D eigenvalue weighted by Crippen LogP contribution is -2.46. The Morgan fingerprint density at radius 3 is 0.853 bits per heavy atom. The highest BCUT2D eigenvalue weighted by atomic mass is 35.5. The van der Waals surface area contributed by atoms with Crippen LogP contribution in [0.25, 0.3) is 0 Å². The maximum atomic E-state index is 16.2. The molecule has 3 heterocycles. The van der Waals surface area contributed by atoms with Crippen molar-refractivity contribution in [3.05, 3.63) is 279 Å². The number of urea groups is 3. The average molecular weight is 1700 g/mol. The number of carbonyl (C=O) groups is 6. The van der Waals surface area contributed by atoms with E-state index in [2.05, 4.69) is 16.0 Å². The number of hydrogen-bond donors (Lipinski definition) is 4. The van der Waals surface area contributed by atoms with E-state index in [1.165, 1.54) is 90.4 Å². The number of hydrogen-bond acceptors (Lipinski definition) is 13. The summed E-state index contributed by atoms with van der Waals surface area (Å²) in [5.74, 6) is -17.8. The molecular formula is C78H64Cl3F12N9O13P+. The van der Waals surface area contributed by atoms with Crippen molar-refractivity contribution in [2.24, 2.45) is 0 Å². The summed E-state index contributed by atoms with van der Waals surface area (Å²) in [5.41, 5.74) is -1.81. The Labute approximate surface area is 668 Å². The lowest BCUT2D eigenvalue weighted by molar-refractivity contribution is -0.0243. The molecule has 0 aromatic heterocycles. The van der Waals surface area contributed by atoms with Crippen LogP contribution in [-0.4, -0.2) is 96.9 Å². The minimum Gasteiger partial charge on any atom is -0.461 e. The van der Waals surface area contributed by atoms with Crippen LogP contribution in [0.2, 0.25) is 15.1 Å². The molecule has 3 aliphatic rings. The van der Waals surface area contributed by atoms with Crippen molar-refractivity contribution < 1.29 is 114 Å². The number of nitrogens with zero attached hydrogens (tertiary/aromatic N) is 6. The zero-order chi connectivity index (χ0) is 83.8. The standard InChI is InChI=1S/C78H63Cl3F12N9O13P/c1-37-46-10-7-40(73(103)94-28-49-58(88)22-43(82)23-59(49)89)19-64(46)100(76(106)97(37)4)31-52-55(85)13-16-67(70(52)79)110-34-113-116(109,114-35-111-68-17-14-56(86)53(71(68)80)32-101-65-20-41(8-11-47(65)38(2)98(5)77(101)107)74(104)95-29-50-60(90)24-44(83)25-61(50)91)115-36-112-69-18-15-57(87)54(72(69)81)33-102-66-21-42(9-12-48(66)39(3)99(6)78(102)108)75(105)96-30-51-62(92)26-45(84)27-63(51)93/h7-27,37-39,109H,28-36H2,1-6H3,(H2-,94,95,96,103,104,105)/p+1/t37-,38-,39-/m0/s1. The van der Waals surface area contributed by atoms with Crippen LogP contribution >= 0.6 is 43.0 Å². The van der Waals surface area contributed by atoms with Crippen LogP contribution in [0.4, 0.5) is 84.1 Å². The predicted molar refractivity (Wildman–Crippen MR) is 398 cm³/mol. The molecule has 0 fully saturated rings. The van der Waals surface area contributed by atoms with Gasteiger partial charge in [0.05, 0.1) is 69.9 Å². The summed E-state index contributed by atoms with van der Waals surface area (Å²) in [6, 6.07) is 16.8. The molecule has 0 saturated heterocycles. The van der Waals surface area contributed by atoms with E-state index in [1.54, 1.807) is 20.8 Å². The van der Waals surface area contributed by atoms with Crippen molar-refractivity contribution in [1.82, 2.24) is 30.7 Å². The van der Waals surface area contributed by atoms with E-state index in [4.69, 9.17) is 62.6 Å². The maximum Gasteiger partial charge on any atom is 0.583 e. The second-order valence-electron chi connectivity index (χ2n) is 26.5. The van der Waals surface area contributed by atoms with Crippen molar-refractivity contribution in [2.45, 2.75) is 78.2 Å². The first-order valence-electron chi connectivity index (χ1n) is 34.7. The van der Waals surface area contributed by atoms with E-state index >= 15 is 13.2 Å². The largest absolute Gasteiger partial charge is 0.583 e. The van der Waals surface area contributed by atoms with Gasteiger partial charge in [-0.05, 0) is 110 Å². The number of nitrogens with one attached hydrogen (secondary N) is 3. The highest BCUT2D eigenvalue weighted by Gasteiger charge is 2.48. The molecule has 0 saturated carbocycles. The van der Waals surface area contributed by atoms with Gasteiger partial charge < -0.3 is 44.9 Å². The SMILES string of the molecule is C[C@H]1c2ccc(C(=O)NCc3c(F)cc(F)cc3F)cc2N(Cc2c(F)ccc(OCO[P+](O)(OCOc3ccc(F)c(CN4C(=O)N(C)[C@@H](C)c5ccc(C(=O)NCc6c(F)cc(F)cc6F)cc54)c3Cl)OCOc3ccc(F)c(CN4C(=O)N(C)[C@@H](C)c5ccc(C(=O)NCc6c(F)cc(F)cc6F)cc54)c3Cl)c2Cl)C(=O)N1C. The number of fused-ring (bicyclic) bond motifs is 3. The Kier molecular flexibility index (Phi) is 25.3. The zero-order valence-electron chi connectivity index (χ0n) is 61.4. The fourth-order valence-electron chi connectivity index (χ4n) is 12.9. The molecule has 0 radical (unpaired) electrons. The molecule has 3 aliphatic heterocycles. The summed E-state index contributed by atoms with van der Waals surface area (Å²) in [6.45, 7) is -2.43. The molecule has 3 atom stereocenters. The van der Waals surface area contributed by atoms with E-state index in [0.717, 1.165) is 51.1 Å². The number of ether oxygens (including phenoxy) is 3. The van der Waals surface area contributed by atoms with Gasteiger partial charge in [-0.3, -0.25) is 29.1 Å². The molecule has 116 heavy (non-hydrogen) atoms. The summed E-state index contributed by atoms with van der Waals surface area (Å²) in [7, 11) is -0.681. The normalized spacial score (nSPS) is 15.4. The van der Waals surface area contributed by atoms with Gasteiger partial charge >= 0.3 is 26.3 Å². The lowest BCUT2D eigenvalue weighted by atomic mass is 9.98. The fraction of sp³-hybridized carbons (Fsp3) is 0.231. The number of rotatable bonds is 27. The van der Waals surface area contributed by atoms with Gasteiger partial charge in [0.1, 0.15) is 87.1 Å². The molecule has 9 aromatic rings. The predicted octanol–water partition coefficient (Wildman–Crippen LogP) is 17.6. The molecule has 38 heteroatoms. The molecule has 9 amide bonds. The Bertz CT molecular complexity index is 4870. The van der Waals surface area contributed by atoms with Crippen LogP contribution in [-0.2, 0) is 52.8 Å². The number of anilines is 3. The number of halogens is 15. The molecule has 12 rings (SSSR count). The van der Waals surface area contributed by atoms with Gasteiger partial charge in [0.15, 0.2) is 0 Å². The van der Waals surface area contributed by atoms with Gasteiger partial charge in [0, 0.05) is 127 Å². The summed E-state index contributed by atoms with van der Waals surface area (Å²) < 4.78 is 211. The molecule has 608 valence electrons. The second-order valence-corrected chi connectivity index (χ2v) is 29.4. The van der Waals surface area contributed by atoms with Crippen LogP contribution in [0.1, 0.15) is 120 Å². The number of amides is 9. The molecule has 0 bridgehead atoms. The van der Waals surface area contributed by atoms with Crippen LogP contribution in [0.3, 0.4) is 0 Å². The van der Waals surface area contributed by atoms with E-state index in [1.807, 2.05) is 0 Å². The van der Waals surface area contributed by atoms with Crippen LogP contribution in [0.15, 0.2) is 127 Å². The first-order chi connectivity index (χ1) is 55.0. The quantitative estimate of drug-likeness (QED) is 0.0213. The maximum absolute atomic E-state index is 16.2. The van der Waals surface area contributed by atoms with E-state index in [9.17, 15) is 73.2 Å². The number of carbonyl (C=O) groups excluding carboxylic acids is 6. The Morgan fingerprint density at radius 2 is 0.612 bits per heavy atom. The third-order valence-electron chi connectivity index (χ3n) is 19.7.